The number of nitrogens with zero attached hydrogens (tertiary/aromatic N) is 1. The lowest BCUT2D eigenvalue weighted by Crippen LogP contribution is -1.96. The summed E-state index contributed by atoms with van der Waals surface area (Å²) >= 11 is 0. The van der Waals surface area contributed by atoms with Crippen LogP contribution in [0.3, 0.4) is 0 Å². The molecule has 0 radical (unpaired) electrons. The molecule has 0 saturated carbocycles. The maximum Gasteiger partial charge on any atom is 0.123 e. The first-order chi connectivity index (χ1) is 12.2. The molecule has 0 bridgehead atoms. The monoisotopic (exact) mass is 334 g/mol. The van der Waals surface area contributed by atoms with Crippen LogP contribution in [-0.2, 0) is 6.61 Å². The second-order valence-electron chi connectivity index (χ2n) is 5.72. The van der Waals surface area contributed by atoms with E-state index in [-0.39, 0.29) is 5.82 Å². The Morgan fingerprint density at radius 2 is 1.76 bits per heavy atom. The zero-order valence-corrected chi connectivity index (χ0v) is 13.9. The minimum atomic E-state index is -0.247. The fourth-order valence-corrected chi connectivity index (χ4v) is 2.24. The number of halogens is 1. The minimum Gasteiger partial charge on any atom is -0.489 e. The highest BCUT2D eigenvalue weighted by Gasteiger charge is 1.98. The summed E-state index contributed by atoms with van der Waals surface area (Å²) in [7, 11) is 0. The third-order valence-electron chi connectivity index (χ3n) is 3.64. The molecule has 3 aromatic carbocycles. The van der Waals surface area contributed by atoms with E-state index < -0.39 is 0 Å². The first kappa shape index (κ1) is 16.7. The lowest BCUT2D eigenvalue weighted by Gasteiger charge is -2.07. The number of aryl methyl sites for hydroxylation is 1. The summed E-state index contributed by atoms with van der Waals surface area (Å²) in [5.74, 6) is 0.492. The van der Waals surface area contributed by atoms with Crippen LogP contribution in [0.25, 0.3) is 0 Å². The van der Waals surface area contributed by atoms with Crippen LogP contribution in [0.4, 0.5) is 10.1 Å². The summed E-state index contributed by atoms with van der Waals surface area (Å²) < 4.78 is 18.6. The minimum absolute atomic E-state index is 0.247. The molecule has 0 heterocycles. The molecule has 4 heteroatoms. The molecule has 126 valence electrons. The first-order valence-corrected chi connectivity index (χ1v) is 8.02. The van der Waals surface area contributed by atoms with Gasteiger partial charge in [0.05, 0.1) is 11.9 Å². The van der Waals surface area contributed by atoms with E-state index in [0.717, 1.165) is 22.6 Å². The lowest BCUT2D eigenvalue weighted by molar-refractivity contribution is 0.306. The molecule has 0 saturated heterocycles. The van der Waals surface area contributed by atoms with Crippen molar-refractivity contribution in [2.75, 3.05) is 5.43 Å². The number of hydrazone groups is 1. The van der Waals surface area contributed by atoms with Gasteiger partial charge in [-0.3, -0.25) is 5.43 Å². The summed E-state index contributed by atoms with van der Waals surface area (Å²) in [5.41, 5.74) is 6.99. The van der Waals surface area contributed by atoms with Crippen molar-refractivity contribution < 1.29 is 9.13 Å². The largest absolute Gasteiger partial charge is 0.489 e. The van der Waals surface area contributed by atoms with Crippen molar-refractivity contribution in [2.24, 2.45) is 5.10 Å². The maximum atomic E-state index is 12.9. The number of hydrogen-bond acceptors (Lipinski definition) is 3. The molecule has 0 aliphatic rings. The average molecular weight is 334 g/mol. The summed E-state index contributed by atoms with van der Waals surface area (Å²) in [5, 5.41) is 4.24. The van der Waals surface area contributed by atoms with Gasteiger partial charge in [0.15, 0.2) is 0 Å². The van der Waals surface area contributed by atoms with E-state index in [1.165, 1.54) is 17.7 Å². The van der Waals surface area contributed by atoms with Crippen LogP contribution in [-0.4, -0.2) is 6.21 Å². The molecule has 0 unspecified atom stereocenters. The Morgan fingerprint density at radius 1 is 1.00 bits per heavy atom. The molecular weight excluding hydrogens is 315 g/mol. The Morgan fingerprint density at radius 3 is 2.52 bits per heavy atom. The van der Waals surface area contributed by atoms with E-state index in [2.05, 4.69) is 10.5 Å². The maximum absolute atomic E-state index is 12.9. The number of nitrogens with one attached hydrogen (secondary N) is 1. The van der Waals surface area contributed by atoms with Crippen molar-refractivity contribution in [3.05, 3.63) is 95.3 Å². The summed E-state index contributed by atoms with van der Waals surface area (Å²) in [4.78, 5) is 0. The normalized spacial score (nSPS) is 10.8. The molecule has 3 nitrogen and oxygen atoms in total. The Hall–Kier alpha value is -3.14. The highest BCUT2D eigenvalue weighted by molar-refractivity contribution is 5.80. The fraction of sp³-hybridized carbons (Fsp3) is 0.0952. The van der Waals surface area contributed by atoms with E-state index in [1.54, 1.807) is 18.3 Å². The molecule has 0 aliphatic heterocycles. The van der Waals surface area contributed by atoms with Gasteiger partial charge in [-0.15, -0.1) is 0 Å². The summed E-state index contributed by atoms with van der Waals surface area (Å²) in [6, 6.07) is 22.0. The van der Waals surface area contributed by atoms with Gasteiger partial charge in [0.2, 0.25) is 0 Å². The molecule has 0 fully saturated rings. The van der Waals surface area contributed by atoms with Crippen molar-refractivity contribution in [2.45, 2.75) is 13.5 Å². The quantitative estimate of drug-likeness (QED) is 0.499. The van der Waals surface area contributed by atoms with Crippen molar-refractivity contribution >= 4 is 11.9 Å². The van der Waals surface area contributed by atoms with Crippen LogP contribution >= 0.6 is 0 Å². The molecular formula is C21H19FN2O. The smallest absolute Gasteiger partial charge is 0.123 e. The molecule has 25 heavy (non-hydrogen) atoms. The molecule has 0 spiro atoms. The fourth-order valence-electron chi connectivity index (χ4n) is 2.24. The third kappa shape index (κ3) is 5.18. The standard InChI is InChI=1S/C21H19FN2O/c1-16-5-11-20(12-6-16)24-23-14-18-3-2-4-21(13-18)25-15-17-7-9-19(22)10-8-17/h2-14,24H,15H2,1H3. The number of anilines is 1. The highest BCUT2D eigenvalue weighted by atomic mass is 19.1. The van der Waals surface area contributed by atoms with E-state index in [1.807, 2.05) is 55.5 Å². The number of benzene rings is 3. The zero-order valence-electron chi connectivity index (χ0n) is 13.9. The molecule has 0 aromatic heterocycles. The van der Waals surface area contributed by atoms with Gasteiger partial charge in [0.1, 0.15) is 18.2 Å². The Kier molecular flexibility index (Phi) is 5.42. The van der Waals surface area contributed by atoms with E-state index in [0.29, 0.717) is 6.61 Å². The van der Waals surface area contributed by atoms with Gasteiger partial charge >= 0.3 is 0 Å². The van der Waals surface area contributed by atoms with Crippen LogP contribution in [0.1, 0.15) is 16.7 Å². The summed E-state index contributed by atoms with van der Waals surface area (Å²) in [6.07, 6.45) is 1.74. The van der Waals surface area contributed by atoms with Gasteiger partial charge in [0.25, 0.3) is 0 Å². The molecule has 0 amide bonds. The van der Waals surface area contributed by atoms with Crippen molar-refractivity contribution in [3.63, 3.8) is 0 Å². The van der Waals surface area contributed by atoms with Crippen LogP contribution in [0.15, 0.2) is 77.9 Å². The second-order valence-corrected chi connectivity index (χ2v) is 5.72. The predicted molar refractivity (Wildman–Crippen MR) is 99.6 cm³/mol. The molecule has 0 aliphatic carbocycles. The van der Waals surface area contributed by atoms with E-state index >= 15 is 0 Å². The van der Waals surface area contributed by atoms with E-state index in [4.69, 9.17) is 4.74 Å². The van der Waals surface area contributed by atoms with Crippen molar-refractivity contribution in [3.8, 4) is 5.75 Å². The van der Waals surface area contributed by atoms with Gasteiger partial charge < -0.3 is 4.74 Å². The Balaban J connectivity index is 1.58. The second kappa shape index (κ2) is 8.11. The van der Waals surface area contributed by atoms with Crippen LogP contribution in [0.5, 0.6) is 5.75 Å². The average Bonchev–Trinajstić information content (AvgIpc) is 2.63. The number of hydrogen-bond donors (Lipinski definition) is 1. The topological polar surface area (TPSA) is 33.6 Å². The molecule has 3 rings (SSSR count). The SMILES string of the molecule is Cc1ccc(NN=Cc2cccc(OCc3ccc(F)cc3)c2)cc1. The molecule has 3 aromatic rings. The third-order valence-corrected chi connectivity index (χ3v) is 3.64. The lowest BCUT2D eigenvalue weighted by atomic mass is 10.2. The van der Waals surface area contributed by atoms with Gasteiger partial charge in [-0.05, 0) is 54.4 Å². The highest BCUT2D eigenvalue weighted by Crippen LogP contribution is 2.15. The zero-order chi connectivity index (χ0) is 17.5. The summed E-state index contributed by atoms with van der Waals surface area (Å²) in [6.45, 7) is 2.44. The number of rotatable bonds is 6. The predicted octanol–water partition coefficient (Wildman–Crippen LogP) is 5.16. The molecule has 1 N–H and O–H groups in total. The molecule has 0 atom stereocenters. The van der Waals surface area contributed by atoms with Crippen LogP contribution in [0, 0.1) is 12.7 Å². The van der Waals surface area contributed by atoms with Crippen LogP contribution < -0.4 is 10.2 Å². The van der Waals surface area contributed by atoms with Gasteiger partial charge in [-0.1, -0.05) is 42.0 Å². The Bertz CT molecular complexity index is 843. The first-order valence-electron chi connectivity index (χ1n) is 8.02. The van der Waals surface area contributed by atoms with Crippen LogP contribution in [0.2, 0.25) is 0 Å². The number of ether oxygens (including phenoxy) is 1. The van der Waals surface area contributed by atoms with Gasteiger partial charge in [0, 0.05) is 0 Å². The van der Waals surface area contributed by atoms with Crippen molar-refractivity contribution in [1.82, 2.24) is 0 Å². The van der Waals surface area contributed by atoms with Crippen molar-refractivity contribution in [1.29, 1.82) is 0 Å². The van der Waals surface area contributed by atoms with Gasteiger partial charge in [-0.25, -0.2) is 4.39 Å². The van der Waals surface area contributed by atoms with Gasteiger partial charge in [-0.2, -0.15) is 5.10 Å². The van der Waals surface area contributed by atoms with E-state index in [9.17, 15) is 4.39 Å². The Labute approximate surface area is 146 Å².